The summed E-state index contributed by atoms with van der Waals surface area (Å²) in [5.41, 5.74) is 2.59. The number of benzene rings is 2. The average molecular weight is 317 g/mol. The van der Waals surface area contributed by atoms with Crippen molar-refractivity contribution in [2.24, 2.45) is 0 Å². The molecule has 1 aromatic heterocycles. The monoisotopic (exact) mass is 317 g/mol. The topological polar surface area (TPSA) is 94.8 Å². The number of aromatic amines is 2. The number of sulfonamides is 1. The Morgan fingerprint density at radius 1 is 0.909 bits per heavy atom. The molecular formula is C15H15N3O3S. The van der Waals surface area contributed by atoms with E-state index >= 15 is 0 Å². The Kier molecular flexibility index (Phi) is 3.82. The van der Waals surface area contributed by atoms with Gasteiger partial charge in [-0.15, -0.1) is 0 Å². The van der Waals surface area contributed by atoms with E-state index in [4.69, 9.17) is 0 Å². The van der Waals surface area contributed by atoms with E-state index in [0.717, 1.165) is 11.1 Å². The third-order valence-corrected chi connectivity index (χ3v) is 4.57. The summed E-state index contributed by atoms with van der Waals surface area (Å²) in [6.07, 6.45) is 0. The van der Waals surface area contributed by atoms with Gasteiger partial charge in [0.2, 0.25) is 10.0 Å². The van der Waals surface area contributed by atoms with Crippen molar-refractivity contribution in [3.63, 3.8) is 0 Å². The summed E-state index contributed by atoms with van der Waals surface area (Å²) in [6.45, 7) is 0.179. The lowest BCUT2D eigenvalue weighted by Crippen LogP contribution is -2.24. The molecule has 7 heteroatoms. The second-order valence-electron chi connectivity index (χ2n) is 5.02. The Hall–Kier alpha value is -2.38. The van der Waals surface area contributed by atoms with E-state index < -0.39 is 10.0 Å². The normalized spacial score (nSPS) is 11.8. The van der Waals surface area contributed by atoms with Crippen LogP contribution in [0.3, 0.4) is 0 Å². The molecule has 0 spiro atoms. The van der Waals surface area contributed by atoms with E-state index in [1.54, 1.807) is 42.5 Å². The van der Waals surface area contributed by atoms with E-state index in [0.29, 0.717) is 11.0 Å². The Bertz CT molecular complexity index is 943. The zero-order valence-electron chi connectivity index (χ0n) is 11.7. The van der Waals surface area contributed by atoms with Crippen LogP contribution in [0.5, 0.6) is 0 Å². The average Bonchev–Trinajstić information content (AvgIpc) is 2.85. The quantitative estimate of drug-likeness (QED) is 0.665. The van der Waals surface area contributed by atoms with Gasteiger partial charge in [-0.05, 0) is 23.3 Å². The second kappa shape index (κ2) is 5.78. The first-order valence-corrected chi connectivity index (χ1v) is 8.39. The summed E-state index contributed by atoms with van der Waals surface area (Å²) >= 11 is 0. The minimum Gasteiger partial charge on any atom is -0.306 e. The third-order valence-electron chi connectivity index (χ3n) is 3.28. The molecule has 2 aromatic carbocycles. The molecule has 114 valence electrons. The third kappa shape index (κ3) is 3.44. The van der Waals surface area contributed by atoms with Gasteiger partial charge in [0.25, 0.3) is 0 Å². The highest BCUT2D eigenvalue weighted by Crippen LogP contribution is 2.11. The fraction of sp³-hybridized carbons (Fsp3) is 0.133. The van der Waals surface area contributed by atoms with Gasteiger partial charge in [-0.3, -0.25) is 0 Å². The first kappa shape index (κ1) is 14.6. The molecule has 3 N–H and O–H groups in total. The van der Waals surface area contributed by atoms with E-state index in [2.05, 4.69) is 14.7 Å². The van der Waals surface area contributed by atoms with Gasteiger partial charge in [0.1, 0.15) is 0 Å². The Labute approximate surface area is 127 Å². The molecule has 3 aromatic rings. The predicted octanol–water partition coefficient (Wildman–Crippen LogP) is 1.48. The highest BCUT2D eigenvalue weighted by molar-refractivity contribution is 7.88. The predicted molar refractivity (Wildman–Crippen MR) is 84.8 cm³/mol. The molecule has 22 heavy (non-hydrogen) atoms. The highest BCUT2D eigenvalue weighted by atomic mass is 32.2. The molecule has 0 saturated carbocycles. The van der Waals surface area contributed by atoms with Crippen LogP contribution in [0.15, 0.2) is 53.3 Å². The molecule has 0 saturated heterocycles. The van der Waals surface area contributed by atoms with Gasteiger partial charge in [-0.1, -0.05) is 36.4 Å². The molecule has 0 unspecified atom stereocenters. The summed E-state index contributed by atoms with van der Waals surface area (Å²) in [7, 11) is -3.41. The van der Waals surface area contributed by atoms with E-state index in [9.17, 15) is 13.2 Å². The number of aromatic nitrogens is 2. The van der Waals surface area contributed by atoms with Crippen molar-refractivity contribution in [2.45, 2.75) is 12.3 Å². The molecule has 1 heterocycles. The van der Waals surface area contributed by atoms with Crippen LogP contribution in [0.25, 0.3) is 11.0 Å². The number of hydrogen-bond acceptors (Lipinski definition) is 3. The van der Waals surface area contributed by atoms with Gasteiger partial charge in [-0.2, -0.15) is 0 Å². The summed E-state index contributed by atoms with van der Waals surface area (Å²) in [5.74, 6) is -0.0585. The van der Waals surface area contributed by atoms with Gasteiger partial charge in [0.05, 0.1) is 16.8 Å². The second-order valence-corrected chi connectivity index (χ2v) is 6.83. The van der Waals surface area contributed by atoms with Crippen LogP contribution >= 0.6 is 0 Å². The maximum Gasteiger partial charge on any atom is 0.323 e. The lowest BCUT2D eigenvalue weighted by Gasteiger charge is -2.07. The molecule has 0 radical (unpaired) electrons. The lowest BCUT2D eigenvalue weighted by atomic mass is 10.2. The maximum atomic E-state index is 12.1. The van der Waals surface area contributed by atoms with Crippen LogP contribution in [0.1, 0.15) is 11.1 Å². The van der Waals surface area contributed by atoms with Crippen LogP contribution in [-0.4, -0.2) is 18.4 Å². The van der Waals surface area contributed by atoms with Crippen molar-refractivity contribution in [2.75, 3.05) is 0 Å². The Balaban J connectivity index is 1.71. The van der Waals surface area contributed by atoms with Crippen LogP contribution in [0.4, 0.5) is 0 Å². The van der Waals surface area contributed by atoms with Crippen LogP contribution in [0, 0.1) is 0 Å². The molecule has 0 aliphatic rings. The van der Waals surface area contributed by atoms with E-state index in [1.807, 2.05) is 6.07 Å². The standard InChI is InChI=1S/C15H15N3O3S/c19-15-17-13-7-6-12(8-14(13)18-15)9-16-22(20,21)10-11-4-2-1-3-5-11/h1-8,16H,9-10H2,(H2,17,18,19). The van der Waals surface area contributed by atoms with Crippen LogP contribution in [0.2, 0.25) is 0 Å². The van der Waals surface area contributed by atoms with Gasteiger partial charge in [-0.25, -0.2) is 17.9 Å². The zero-order chi connectivity index (χ0) is 15.6. The first-order chi connectivity index (χ1) is 10.5. The number of imidazole rings is 1. The van der Waals surface area contributed by atoms with E-state index in [-0.39, 0.29) is 18.0 Å². The van der Waals surface area contributed by atoms with Crippen LogP contribution in [-0.2, 0) is 22.3 Å². The smallest absolute Gasteiger partial charge is 0.306 e. The number of H-pyrrole nitrogens is 2. The van der Waals surface area contributed by atoms with Crippen molar-refractivity contribution >= 4 is 21.1 Å². The van der Waals surface area contributed by atoms with Crippen molar-refractivity contribution < 1.29 is 8.42 Å². The molecule has 0 fully saturated rings. The number of rotatable bonds is 5. The number of nitrogens with one attached hydrogen (secondary N) is 3. The first-order valence-electron chi connectivity index (χ1n) is 6.74. The van der Waals surface area contributed by atoms with Crippen LogP contribution < -0.4 is 10.4 Å². The number of hydrogen-bond donors (Lipinski definition) is 3. The van der Waals surface area contributed by atoms with Gasteiger partial charge in [0.15, 0.2) is 0 Å². The molecular weight excluding hydrogens is 302 g/mol. The molecule has 3 rings (SSSR count). The lowest BCUT2D eigenvalue weighted by molar-refractivity contribution is 0.580. The van der Waals surface area contributed by atoms with Crippen molar-refractivity contribution in [1.29, 1.82) is 0 Å². The summed E-state index contributed by atoms with van der Waals surface area (Å²) in [6, 6.07) is 14.3. The Morgan fingerprint density at radius 2 is 1.64 bits per heavy atom. The summed E-state index contributed by atoms with van der Waals surface area (Å²) in [4.78, 5) is 16.5. The number of fused-ring (bicyclic) bond motifs is 1. The minimum atomic E-state index is -3.41. The molecule has 6 nitrogen and oxygen atoms in total. The van der Waals surface area contributed by atoms with Gasteiger partial charge in [0, 0.05) is 6.54 Å². The fourth-order valence-electron chi connectivity index (χ4n) is 2.23. The zero-order valence-corrected chi connectivity index (χ0v) is 12.5. The van der Waals surface area contributed by atoms with Gasteiger partial charge >= 0.3 is 5.69 Å². The maximum absolute atomic E-state index is 12.1. The molecule has 0 atom stereocenters. The van der Waals surface area contributed by atoms with Gasteiger partial charge < -0.3 is 9.97 Å². The Morgan fingerprint density at radius 3 is 2.41 bits per heavy atom. The van der Waals surface area contributed by atoms with Crippen molar-refractivity contribution in [3.8, 4) is 0 Å². The summed E-state index contributed by atoms with van der Waals surface area (Å²) in [5, 5.41) is 0. The largest absolute Gasteiger partial charge is 0.323 e. The highest BCUT2D eigenvalue weighted by Gasteiger charge is 2.11. The SMILES string of the molecule is O=c1[nH]c2ccc(CNS(=O)(=O)Cc3ccccc3)cc2[nH]1. The molecule has 0 aliphatic carbocycles. The van der Waals surface area contributed by atoms with Crippen molar-refractivity contribution in [3.05, 3.63) is 70.1 Å². The molecule has 0 bridgehead atoms. The fourth-order valence-corrected chi connectivity index (χ4v) is 3.35. The van der Waals surface area contributed by atoms with E-state index in [1.165, 1.54) is 0 Å². The minimum absolute atomic E-state index is 0.0585. The van der Waals surface area contributed by atoms with Crippen molar-refractivity contribution in [1.82, 2.24) is 14.7 Å². The summed E-state index contributed by atoms with van der Waals surface area (Å²) < 4.78 is 26.7. The molecule has 0 amide bonds. The molecule has 0 aliphatic heterocycles.